The fourth-order valence-electron chi connectivity index (χ4n) is 3.79. The summed E-state index contributed by atoms with van der Waals surface area (Å²) in [6.07, 6.45) is 1.54. The number of aromatic nitrogens is 1. The molecular formula is C25H27N3O2S2. The molecule has 0 saturated carbocycles. The van der Waals surface area contributed by atoms with Crippen molar-refractivity contribution in [1.29, 1.82) is 0 Å². The molecule has 0 unspecified atom stereocenters. The number of thiazole rings is 1. The van der Waals surface area contributed by atoms with E-state index in [9.17, 15) is 9.59 Å². The molecule has 4 rings (SSSR count). The summed E-state index contributed by atoms with van der Waals surface area (Å²) in [5.41, 5.74) is 4.63. The average Bonchev–Trinajstić information content (AvgIpc) is 3.23. The zero-order valence-electron chi connectivity index (χ0n) is 18.3. The Balaban J connectivity index is 1.26. The largest absolute Gasteiger partial charge is 0.349 e. The summed E-state index contributed by atoms with van der Waals surface area (Å²) in [5.74, 6) is 0.866. The van der Waals surface area contributed by atoms with Crippen LogP contribution < -0.4 is 5.32 Å². The molecular weight excluding hydrogens is 438 g/mol. The van der Waals surface area contributed by atoms with Crippen molar-refractivity contribution in [2.45, 2.75) is 42.8 Å². The van der Waals surface area contributed by atoms with Crippen molar-refractivity contribution in [3.05, 3.63) is 81.9 Å². The van der Waals surface area contributed by atoms with Gasteiger partial charge in [-0.2, -0.15) is 0 Å². The van der Waals surface area contributed by atoms with E-state index in [1.807, 2.05) is 67.3 Å². The van der Waals surface area contributed by atoms with E-state index >= 15 is 0 Å². The fourth-order valence-corrected chi connectivity index (χ4v) is 5.59. The molecule has 1 saturated heterocycles. The summed E-state index contributed by atoms with van der Waals surface area (Å²) in [6.45, 7) is 5.25. The maximum atomic E-state index is 12.9. The van der Waals surface area contributed by atoms with Crippen molar-refractivity contribution in [3.63, 3.8) is 0 Å². The van der Waals surface area contributed by atoms with Crippen LogP contribution in [-0.2, 0) is 5.75 Å². The molecule has 5 nitrogen and oxygen atoms in total. The molecule has 2 heterocycles. The average molecular weight is 466 g/mol. The predicted molar refractivity (Wildman–Crippen MR) is 130 cm³/mol. The number of hydrogen-bond acceptors (Lipinski definition) is 5. The molecule has 1 N–H and O–H groups in total. The van der Waals surface area contributed by atoms with E-state index in [0.29, 0.717) is 24.2 Å². The van der Waals surface area contributed by atoms with Crippen molar-refractivity contribution in [3.8, 4) is 0 Å². The first kappa shape index (κ1) is 22.6. The van der Waals surface area contributed by atoms with Gasteiger partial charge >= 0.3 is 0 Å². The number of aryl methyl sites for hydroxylation is 2. The second-order valence-corrected chi connectivity index (χ2v) is 10.2. The lowest BCUT2D eigenvalue weighted by molar-refractivity contribution is 0.0698. The Morgan fingerprint density at radius 3 is 2.47 bits per heavy atom. The molecule has 3 aromatic rings. The summed E-state index contributed by atoms with van der Waals surface area (Å²) in [4.78, 5) is 31.8. The highest BCUT2D eigenvalue weighted by molar-refractivity contribution is 8.00. The zero-order valence-corrected chi connectivity index (χ0v) is 20.0. The molecule has 1 aliphatic rings. The van der Waals surface area contributed by atoms with Gasteiger partial charge in [0.25, 0.3) is 11.8 Å². The lowest BCUT2D eigenvalue weighted by Gasteiger charge is -2.32. The number of likely N-dealkylation sites (tertiary alicyclic amines) is 1. The number of thioether (sulfide) groups is 1. The standard InChI is InChI=1S/C25H27N3O2S2/c1-17-5-3-4-6-22(17)23(29)27-21-11-13-28(14-12-21)24(30)20-9-7-19(8-10-20)16-32-25-26-18(2)15-31-25/h3-10,15,21H,11-14,16H2,1-2H3,(H,27,29). The zero-order chi connectivity index (χ0) is 22.5. The minimum absolute atomic E-state index is 0.0331. The van der Waals surface area contributed by atoms with Gasteiger partial charge in [-0.1, -0.05) is 42.1 Å². The maximum Gasteiger partial charge on any atom is 0.253 e. The van der Waals surface area contributed by atoms with Gasteiger partial charge in [-0.05, 0) is 56.0 Å². The highest BCUT2D eigenvalue weighted by Crippen LogP contribution is 2.26. The first-order valence-electron chi connectivity index (χ1n) is 10.8. The van der Waals surface area contributed by atoms with E-state index in [-0.39, 0.29) is 17.9 Å². The Morgan fingerprint density at radius 2 is 1.81 bits per heavy atom. The lowest BCUT2D eigenvalue weighted by Crippen LogP contribution is -2.46. The van der Waals surface area contributed by atoms with Crippen LogP contribution >= 0.6 is 23.1 Å². The molecule has 2 amide bonds. The molecule has 2 aromatic carbocycles. The third kappa shape index (κ3) is 5.58. The Hall–Kier alpha value is -2.64. The predicted octanol–water partition coefficient (Wildman–Crippen LogP) is 5.09. The number of carbonyl (C=O) groups excluding carboxylic acids is 2. The molecule has 32 heavy (non-hydrogen) atoms. The van der Waals surface area contributed by atoms with Gasteiger partial charge in [0.05, 0.1) is 0 Å². The van der Waals surface area contributed by atoms with E-state index < -0.39 is 0 Å². The minimum Gasteiger partial charge on any atom is -0.349 e. The number of carbonyl (C=O) groups is 2. The summed E-state index contributed by atoms with van der Waals surface area (Å²) in [5, 5.41) is 5.19. The second kappa shape index (κ2) is 10.3. The van der Waals surface area contributed by atoms with Crippen LogP contribution in [0.5, 0.6) is 0 Å². The van der Waals surface area contributed by atoms with Crippen LogP contribution in [0.4, 0.5) is 0 Å². The summed E-state index contributed by atoms with van der Waals surface area (Å²) < 4.78 is 1.07. The topological polar surface area (TPSA) is 62.3 Å². The van der Waals surface area contributed by atoms with Crippen LogP contribution in [0.3, 0.4) is 0 Å². The van der Waals surface area contributed by atoms with Crippen LogP contribution in [-0.4, -0.2) is 40.8 Å². The van der Waals surface area contributed by atoms with Crippen molar-refractivity contribution in [2.75, 3.05) is 13.1 Å². The Labute approximate surface area is 197 Å². The van der Waals surface area contributed by atoms with Gasteiger partial charge in [-0.15, -0.1) is 11.3 Å². The molecule has 166 valence electrons. The van der Waals surface area contributed by atoms with Gasteiger partial charge in [0.15, 0.2) is 0 Å². The fraction of sp³-hybridized carbons (Fsp3) is 0.320. The van der Waals surface area contributed by atoms with Crippen LogP contribution in [0.25, 0.3) is 0 Å². The quantitative estimate of drug-likeness (QED) is 0.515. The number of rotatable bonds is 6. The van der Waals surface area contributed by atoms with Crippen LogP contribution in [0, 0.1) is 13.8 Å². The second-order valence-electron chi connectivity index (χ2n) is 8.10. The Kier molecular flexibility index (Phi) is 7.27. The van der Waals surface area contributed by atoms with Crippen LogP contribution in [0.15, 0.2) is 58.3 Å². The monoisotopic (exact) mass is 465 g/mol. The van der Waals surface area contributed by atoms with Crippen molar-refractivity contribution in [2.24, 2.45) is 0 Å². The third-order valence-electron chi connectivity index (χ3n) is 5.67. The molecule has 1 aromatic heterocycles. The van der Waals surface area contributed by atoms with E-state index in [4.69, 9.17) is 0 Å². The van der Waals surface area contributed by atoms with Gasteiger partial charge < -0.3 is 10.2 Å². The molecule has 7 heteroatoms. The molecule has 0 aliphatic carbocycles. The third-order valence-corrected chi connectivity index (χ3v) is 7.88. The van der Waals surface area contributed by atoms with Crippen molar-refractivity contribution >= 4 is 34.9 Å². The van der Waals surface area contributed by atoms with Gasteiger partial charge in [0.2, 0.25) is 0 Å². The number of benzene rings is 2. The van der Waals surface area contributed by atoms with Crippen molar-refractivity contribution in [1.82, 2.24) is 15.2 Å². The first-order chi connectivity index (χ1) is 15.5. The van der Waals surface area contributed by atoms with Gasteiger partial charge in [-0.25, -0.2) is 4.98 Å². The summed E-state index contributed by atoms with van der Waals surface area (Å²) in [6, 6.07) is 15.6. The summed E-state index contributed by atoms with van der Waals surface area (Å²) >= 11 is 3.38. The molecule has 0 atom stereocenters. The number of piperidine rings is 1. The van der Waals surface area contributed by atoms with E-state index in [1.54, 1.807) is 23.1 Å². The molecule has 0 spiro atoms. The van der Waals surface area contributed by atoms with Crippen LogP contribution in [0.1, 0.15) is 50.4 Å². The Morgan fingerprint density at radius 1 is 1.09 bits per heavy atom. The van der Waals surface area contributed by atoms with Crippen molar-refractivity contribution < 1.29 is 9.59 Å². The SMILES string of the molecule is Cc1csc(SCc2ccc(C(=O)N3CCC(NC(=O)c4ccccc4C)CC3)cc2)n1. The number of amides is 2. The van der Waals surface area contributed by atoms with Gasteiger partial charge in [-0.3, -0.25) is 9.59 Å². The maximum absolute atomic E-state index is 12.9. The first-order valence-corrected chi connectivity index (χ1v) is 12.7. The number of nitrogens with one attached hydrogen (secondary N) is 1. The smallest absolute Gasteiger partial charge is 0.253 e. The van der Waals surface area contributed by atoms with E-state index in [1.165, 1.54) is 5.56 Å². The summed E-state index contributed by atoms with van der Waals surface area (Å²) in [7, 11) is 0. The normalized spacial score (nSPS) is 14.4. The number of nitrogens with zero attached hydrogens (tertiary/aromatic N) is 2. The minimum atomic E-state index is -0.0331. The molecule has 0 radical (unpaired) electrons. The van der Waals surface area contributed by atoms with Gasteiger partial charge in [0, 0.05) is 47.1 Å². The molecule has 0 bridgehead atoms. The highest BCUT2D eigenvalue weighted by Gasteiger charge is 2.25. The highest BCUT2D eigenvalue weighted by atomic mass is 32.2. The lowest BCUT2D eigenvalue weighted by atomic mass is 10.0. The number of hydrogen-bond donors (Lipinski definition) is 1. The Bertz CT molecular complexity index is 1090. The van der Waals surface area contributed by atoms with Gasteiger partial charge in [0.1, 0.15) is 4.34 Å². The molecule has 1 aliphatic heterocycles. The van der Waals surface area contributed by atoms with E-state index in [2.05, 4.69) is 15.7 Å². The van der Waals surface area contributed by atoms with E-state index in [0.717, 1.165) is 34.2 Å². The molecule has 1 fully saturated rings. The van der Waals surface area contributed by atoms with Crippen LogP contribution in [0.2, 0.25) is 0 Å².